The first-order valence-electron chi connectivity index (χ1n) is 8.03. The minimum Gasteiger partial charge on any atom is -0.375 e. The van der Waals surface area contributed by atoms with Gasteiger partial charge in [-0.15, -0.1) is 0 Å². The van der Waals surface area contributed by atoms with E-state index in [1.807, 2.05) is 0 Å². The molecule has 0 aromatic heterocycles. The van der Waals surface area contributed by atoms with Gasteiger partial charge in [0.15, 0.2) is 0 Å². The van der Waals surface area contributed by atoms with Crippen LogP contribution in [0.4, 0.5) is 0 Å². The minimum absolute atomic E-state index is 0.0293. The van der Waals surface area contributed by atoms with Gasteiger partial charge in [-0.25, -0.2) is 0 Å². The van der Waals surface area contributed by atoms with Gasteiger partial charge >= 0.3 is 0 Å². The fourth-order valence-corrected chi connectivity index (χ4v) is 4.06. The Morgan fingerprint density at radius 1 is 1.21 bits per heavy atom. The maximum Gasteiger partial charge on any atom is 0.0644 e. The Kier molecular flexibility index (Phi) is 4.91. The summed E-state index contributed by atoms with van der Waals surface area (Å²) < 4.78 is 5.88. The van der Waals surface area contributed by atoms with Crippen LogP contribution in [-0.4, -0.2) is 42.8 Å². The fraction of sp³-hybridized carbons (Fsp3) is 1.00. The Labute approximate surface area is 118 Å². The van der Waals surface area contributed by atoms with Crippen LogP contribution in [0.3, 0.4) is 0 Å². The van der Waals surface area contributed by atoms with Crippen molar-refractivity contribution in [3.05, 3.63) is 0 Å². The van der Waals surface area contributed by atoms with E-state index in [2.05, 4.69) is 25.8 Å². The summed E-state index contributed by atoms with van der Waals surface area (Å²) in [6.07, 6.45) is 9.22. The molecule has 112 valence electrons. The molecule has 19 heavy (non-hydrogen) atoms. The van der Waals surface area contributed by atoms with Crippen LogP contribution in [0.25, 0.3) is 0 Å². The average molecular weight is 268 g/mol. The van der Waals surface area contributed by atoms with Crippen molar-refractivity contribution >= 4 is 0 Å². The Balaban J connectivity index is 1.98. The van der Waals surface area contributed by atoms with Gasteiger partial charge in [0.05, 0.1) is 5.60 Å². The van der Waals surface area contributed by atoms with Crippen LogP contribution in [0.2, 0.25) is 0 Å². The first-order valence-corrected chi connectivity index (χ1v) is 8.03. The highest BCUT2D eigenvalue weighted by atomic mass is 16.5. The minimum atomic E-state index is -0.0293. The van der Waals surface area contributed by atoms with Gasteiger partial charge in [-0.1, -0.05) is 19.3 Å². The van der Waals surface area contributed by atoms with Gasteiger partial charge in [-0.2, -0.15) is 0 Å². The van der Waals surface area contributed by atoms with Gasteiger partial charge in [-0.3, -0.25) is 4.90 Å². The molecular formula is C16H32N2O. The summed E-state index contributed by atoms with van der Waals surface area (Å²) in [7, 11) is 2.28. The van der Waals surface area contributed by atoms with Crippen LogP contribution in [-0.2, 0) is 4.74 Å². The molecule has 1 atom stereocenters. The molecule has 1 aliphatic heterocycles. The van der Waals surface area contributed by atoms with Crippen molar-refractivity contribution in [1.82, 2.24) is 4.90 Å². The highest BCUT2D eigenvalue weighted by Crippen LogP contribution is 2.36. The quantitative estimate of drug-likeness (QED) is 0.852. The summed E-state index contributed by atoms with van der Waals surface area (Å²) in [4.78, 5) is 2.56. The third-order valence-corrected chi connectivity index (χ3v) is 5.26. The van der Waals surface area contributed by atoms with Crippen LogP contribution in [0.1, 0.15) is 58.8 Å². The van der Waals surface area contributed by atoms with E-state index in [4.69, 9.17) is 10.5 Å². The molecule has 1 heterocycles. The highest BCUT2D eigenvalue weighted by Gasteiger charge is 2.43. The lowest BCUT2D eigenvalue weighted by Gasteiger charge is -2.50. The Morgan fingerprint density at radius 3 is 2.47 bits per heavy atom. The molecule has 1 aliphatic carbocycles. The first kappa shape index (κ1) is 15.3. The standard InChI is InChI=1S/C16H32N2O/c1-15(2)12-16(13-17,9-10-19-15)18(3)11-14-7-5-4-6-8-14/h14H,4-13,17H2,1-3H3. The van der Waals surface area contributed by atoms with E-state index in [9.17, 15) is 0 Å². The Morgan fingerprint density at radius 2 is 1.89 bits per heavy atom. The van der Waals surface area contributed by atoms with Gasteiger partial charge in [0, 0.05) is 25.2 Å². The van der Waals surface area contributed by atoms with Gasteiger partial charge in [0.2, 0.25) is 0 Å². The summed E-state index contributed by atoms with van der Waals surface area (Å²) in [5.74, 6) is 0.883. The lowest BCUT2D eigenvalue weighted by Crippen LogP contribution is -2.60. The molecule has 0 amide bonds. The van der Waals surface area contributed by atoms with Crippen LogP contribution >= 0.6 is 0 Å². The van der Waals surface area contributed by atoms with Gasteiger partial charge in [-0.05, 0) is 52.5 Å². The zero-order chi connectivity index (χ0) is 13.9. The number of ether oxygens (including phenoxy) is 1. The monoisotopic (exact) mass is 268 g/mol. The van der Waals surface area contributed by atoms with Crippen LogP contribution in [0, 0.1) is 5.92 Å². The van der Waals surface area contributed by atoms with Crippen molar-refractivity contribution in [1.29, 1.82) is 0 Å². The van der Waals surface area contributed by atoms with Gasteiger partial charge < -0.3 is 10.5 Å². The Bertz CT molecular complexity index is 286. The van der Waals surface area contributed by atoms with E-state index in [1.54, 1.807) is 0 Å². The molecule has 0 aromatic carbocycles. The molecule has 1 unspecified atom stereocenters. The summed E-state index contributed by atoms with van der Waals surface area (Å²) in [6, 6.07) is 0. The van der Waals surface area contributed by atoms with Gasteiger partial charge in [0.25, 0.3) is 0 Å². The number of hydrogen-bond donors (Lipinski definition) is 1. The summed E-state index contributed by atoms with van der Waals surface area (Å²) in [5.41, 5.74) is 6.29. The molecule has 3 heteroatoms. The smallest absolute Gasteiger partial charge is 0.0644 e. The summed E-state index contributed by atoms with van der Waals surface area (Å²) in [6.45, 7) is 7.21. The second-order valence-corrected chi connectivity index (χ2v) is 7.35. The molecule has 0 spiro atoms. The number of hydrogen-bond acceptors (Lipinski definition) is 3. The van der Waals surface area contributed by atoms with E-state index in [0.29, 0.717) is 0 Å². The van der Waals surface area contributed by atoms with Crippen LogP contribution in [0.15, 0.2) is 0 Å². The molecule has 0 bridgehead atoms. The van der Waals surface area contributed by atoms with Crippen molar-refractivity contribution in [3.63, 3.8) is 0 Å². The zero-order valence-corrected chi connectivity index (χ0v) is 13.1. The largest absolute Gasteiger partial charge is 0.375 e. The molecule has 0 radical (unpaired) electrons. The van der Waals surface area contributed by atoms with E-state index in [1.165, 1.54) is 38.6 Å². The number of nitrogens with two attached hydrogens (primary N) is 1. The predicted molar refractivity (Wildman–Crippen MR) is 80.3 cm³/mol. The normalized spacial score (nSPS) is 32.7. The van der Waals surface area contributed by atoms with Gasteiger partial charge in [0.1, 0.15) is 0 Å². The SMILES string of the molecule is CN(CC1CCCCC1)C1(CN)CCOC(C)(C)C1. The van der Waals surface area contributed by atoms with Crippen LogP contribution < -0.4 is 5.73 Å². The first-order chi connectivity index (χ1) is 8.97. The van der Waals surface area contributed by atoms with E-state index in [0.717, 1.165) is 31.9 Å². The number of nitrogens with zero attached hydrogens (tertiary/aromatic N) is 1. The second-order valence-electron chi connectivity index (χ2n) is 7.35. The number of likely N-dealkylation sites (N-methyl/N-ethyl adjacent to an activating group) is 1. The molecule has 2 N–H and O–H groups in total. The van der Waals surface area contributed by atoms with Crippen LogP contribution in [0.5, 0.6) is 0 Å². The third-order valence-electron chi connectivity index (χ3n) is 5.26. The molecule has 1 saturated heterocycles. The van der Waals surface area contributed by atoms with Crippen molar-refractivity contribution in [2.24, 2.45) is 11.7 Å². The van der Waals surface area contributed by atoms with Crippen molar-refractivity contribution in [3.8, 4) is 0 Å². The van der Waals surface area contributed by atoms with Crippen molar-refractivity contribution in [2.45, 2.75) is 69.9 Å². The van der Waals surface area contributed by atoms with Crippen molar-refractivity contribution < 1.29 is 4.74 Å². The topological polar surface area (TPSA) is 38.5 Å². The Hall–Kier alpha value is -0.120. The lowest BCUT2D eigenvalue weighted by molar-refractivity contribution is -0.115. The molecule has 2 fully saturated rings. The van der Waals surface area contributed by atoms with E-state index in [-0.39, 0.29) is 11.1 Å². The second kappa shape index (κ2) is 6.11. The predicted octanol–water partition coefficient (Wildman–Crippen LogP) is 2.79. The van der Waals surface area contributed by atoms with E-state index < -0.39 is 0 Å². The fourth-order valence-electron chi connectivity index (χ4n) is 4.06. The van der Waals surface area contributed by atoms with E-state index >= 15 is 0 Å². The molecule has 0 aromatic rings. The average Bonchev–Trinajstić information content (AvgIpc) is 2.38. The molecule has 3 nitrogen and oxygen atoms in total. The maximum absolute atomic E-state index is 6.17. The molecule has 1 saturated carbocycles. The summed E-state index contributed by atoms with van der Waals surface area (Å²) in [5, 5.41) is 0. The number of rotatable bonds is 4. The maximum atomic E-state index is 6.17. The third kappa shape index (κ3) is 3.71. The molecular weight excluding hydrogens is 236 g/mol. The summed E-state index contributed by atoms with van der Waals surface area (Å²) >= 11 is 0. The molecule has 2 rings (SSSR count). The zero-order valence-electron chi connectivity index (χ0n) is 13.1. The van der Waals surface area contributed by atoms with Crippen molar-refractivity contribution in [2.75, 3.05) is 26.7 Å². The molecule has 2 aliphatic rings. The lowest BCUT2D eigenvalue weighted by atomic mass is 9.79. The highest BCUT2D eigenvalue weighted by molar-refractivity contribution is 4.99.